The third kappa shape index (κ3) is 3.76. The predicted octanol–water partition coefficient (Wildman–Crippen LogP) is 3.10. The van der Waals surface area contributed by atoms with Gasteiger partial charge in [-0.05, 0) is 36.4 Å². The normalized spacial score (nSPS) is 13.6. The average molecular weight is 361 g/mol. The van der Waals surface area contributed by atoms with Gasteiger partial charge >= 0.3 is 0 Å². The molecule has 2 aromatic carbocycles. The Morgan fingerprint density at radius 3 is 2.28 bits per heavy atom. The smallest absolute Gasteiger partial charge is 0.262 e. The molecule has 2 aromatic rings. The van der Waals surface area contributed by atoms with Crippen LogP contribution in [0.25, 0.3) is 0 Å². The SMILES string of the molecule is CC(C)C(=O)c1ccc(NS(=O)(=O)c2ccc3c(c2)OCCO3)cc1. The Labute approximate surface area is 146 Å². The second-order valence-corrected chi connectivity index (χ2v) is 7.69. The number of hydrogen-bond acceptors (Lipinski definition) is 5. The van der Waals surface area contributed by atoms with Gasteiger partial charge in [-0.15, -0.1) is 0 Å². The zero-order valence-electron chi connectivity index (χ0n) is 14.0. The van der Waals surface area contributed by atoms with E-state index in [2.05, 4.69) is 4.72 Å². The third-order valence-corrected chi connectivity index (χ3v) is 5.15. The molecule has 132 valence electrons. The van der Waals surface area contributed by atoms with Crippen molar-refractivity contribution in [2.75, 3.05) is 17.9 Å². The third-order valence-electron chi connectivity index (χ3n) is 3.77. The van der Waals surface area contributed by atoms with Gasteiger partial charge in [-0.25, -0.2) is 8.42 Å². The summed E-state index contributed by atoms with van der Waals surface area (Å²) in [4.78, 5) is 12.0. The van der Waals surface area contributed by atoms with Crippen molar-refractivity contribution in [3.05, 3.63) is 48.0 Å². The van der Waals surface area contributed by atoms with Crippen LogP contribution in [0.4, 0.5) is 5.69 Å². The largest absolute Gasteiger partial charge is 0.486 e. The summed E-state index contributed by atoms with van der Waals surface area (Å²) in [6.07, 6.45) is 0. The molecule has 0 fully saturated rings. The number of rotatable bonds is 5. The molecule has 3 rings (SSSR count). The Morgan fingerprint density at radius 2 is 1.64 bits per heavy atom. The highest BCUT2D eigenvalue weighted by Gasteiger charge is 2.19. The molecule has 0 amide bonds. The highest BCUT2D eigenvalue weighted by molar-refractivity contribution is 7.92. The minimum Gasteiger partial charge on any atom is -0.486 e. The van der Waals surface area contributed by atoms with Crippen LogP contribution in [0.5, 0.6) is 11.5 Å². The van der Waals surface area contributed by atoms with E-state index in [9.17, 15) is 13.2 Å². The molecule has 7 heteroatoms. The molecular formula is C18H19NO5S. The van der Waals surface area contributed by atoms with E-state index >= 15 is 0 Å². The first kappa shape index (κ1) is 17.3. The fraction of sp³-hybridized carbons (Fsp3) is 0.278. The molecule has 1 aliphatic rings. The van der Waals surface area contributed by atoms with E-state index in [4.69, 9.17) is 9.47 Å². The van der Waals surface area contributed by atoms with Gasteiger partial charge < -0.3 is 9.47 Å². The molecule has 25 heavy (non-hydrogen) atoms. The van der Waals surface area contributed by atoms with Crippen LogP contribution in [0.15, 0.2) is 47.4 Å². The summed E-state index contributed by atoms with van der Waals surface area (Å²) in [6, 6.07) is 10.9. The Morgan fingerprint density at radius 1 is 1.00 bits per heavy atom. The lowest BCUT2D eigenvalue weighted by Crippen LogP contribution is -2.17. The lowest BCUT2D eigenvalue weighted by Gasteiger charge is -2.19. The topological polar surface area (TPSA) is 81.7 Å². The number of ketones is 1. The highest BCUT2D eigenvalue weighted by Crippen LogP contribution is 2.32. The summed E-state index contributed by atoms with van der Waals surface area (Å²) in [7, 11) is -3.77. The molecule has 1 aliphatic heterocycles. The van der Waals surface area contributed by atoms with Crippen LogP contribution in [-0.4, -0.2) is 27.4 Å². The molecule has 0 saturated carbocycles. The zero-order chi connectivity index (χ0) is 18.0. The van der Waals surface area contributed by atoms with Crippen molar-refractivity contribution in [1.82, 2.24) is 0 Å². The fourth-order valence-electron chi connectivity index (χ4n) is 2.44. The molecule has 0 aromatic heterocycles. The van der Waals surface area contributed by atoms with Crippen molar-refractivity contribution in [3.8, 4) is 11.5 Å². The summed E-state index contributed by atoms with van der Waals surface area (Å²) in [6.45, 7) is 4.47. The van der Waals surface area contributed by atoms with Crippen LogP contribution in [-0.2, 0) is 10.0 Å². The van der Waals surface area contributed by atoms with E-state index in [0.29, 0.717) is 36.0 Å². The van der Waals surface area contributed by atoms with Crippen LogP contribution in [0, 0.1) is 5.92 Å². The molecule has 0 radical (unpaired) electrons. The van der Waals surface area contributed by atoms with E-state index in [1.165, 1.54) is 12.1 Å². The lowest BCUT2D eigenvalue weighted by atomic mass is 10.0. The van der Waals surface area contributed by atoms with E-state index in [1.54, 1.807) is 30.3 Å². The number of nitrogens with one attached hydrogen (secondary N) is 1. The quantitative estimate of drug-likeness (QED) is 0.828. The molecule has 6 nitrogen and oxygen atoms in total. The van der Waals surface area contributed by atoms with Crippen molar-refractivity contribution in [3.63, 3.8) is 0 Å². The number of hydrogen-bond donors (Lipinski definition) is 1. The standard InChI is InChI=1S/C18H19NO5S/c1-12(2)18(20)13-3-5-14(6-4-13)19-25(21,22)15-7-8-16-17(11-15)24-10-9-23-16/h3-8,11-12,19H,9-10H2,1-2H3. The number of ether oxygens (including phenoxy) is 2. The van der Waals surface area contributed by atoms with Gasteiger partial charge in [-0.3, -0.25) is 9.52 Å². The van der Waals surface area contributed by atoms with Gasteiger partial charge in [0.1, 0.15) is 13.2 Å². The van der Waals surface area contributed by atoms with Crippen LogP contribution < -0.4 is 14.2 Å². The second-order valence-electron chi connectivity index (χ2n) is 6.01. The van der Waals surface area contributed by atoms with E-state index in [1.807, 2.05) is 13.8 Å². The van der Waals surface area contributed by atoms with Crippen molar-refractivity contribution in [2.24, 2.45) is 5.92 Å². The molecule has 0 aliphatic carbocycles. The first-order chi connectivity index (χ1) is 11.9. The van der Waals surface area contributed by atoms with Crippen molar-refractivity contribution >= 4 is 21.5 Å². The minimum absolute atomic E-state index is 0.0150. The van der Waals surface area contributed by atoms with Crippen LogP contribution in [0.3, 0.4) is 0 Å². The van der Waals surface area contributed by atoms with E-state index < -0.39 is 10.0 Å². The van der Waals surface area contributed by atoms with Gasteiger partial charge in [-0.1, -0.05) is 13.8 Å². The molecule has 0 bridgehead atoms. The molecule has 0 unspecified atom stereocenters. The van der Waals surface area contributed by atoms with E-state index in [0.717, 1.165) is 0 Å². The number of benzene rings is 2. The van der Waals surface area contributed by atoms with Gasteiger partial charge in [-0.2, -0.15) is 0 Å². The Kier molecular flexibility index (Phi) is 4.67. The first-order valence-corrected chi connectivity index (χ1v) is 9.42. The number of fused-ring (bicyclic) bond motifs is 1. The summed E-state index contributed by atoms with van der Waals surface area (Å²) >= 11 is 0. The van der Waals surface area contributed by atoms with Crippen LogP contribution in [0.2, 0.25) is 0 Å². The zero-order valence-corrected chi connectivity index (χ0v) is 14.8. The number of Topliss-reactive ketones (excluding diaryl/α,β-unsaturated/α-hetero) is 1. The average Bonchev–Trinajstić information content (AvgIpc) is 2.61. The first-order valence-electron chi connectivity index (χ1n) is 7.93. The number of carbonyl (C=O) groups excluding carboxylic acids is 1. The Hall–Kier alpha value is -2.54. The molecule has 0 saturated heterocycles. The molecule has 0 atom stereocenters. The number of carbonyl (C=O) groups is 1. The van der Waals surface area contributed by atoms with Crippen LogP contribution >= 0.6 is 0 Å². The van der Waals surface area contributed by atoms with Gasteiger partial charge in [0.2, 0.25) is 0 Å². The maximum Gasteiger partial charge on any atom is 0.262 e. The Balaban J connectivity index is 1.81. The van der Waals surface area contributed by atoms with Crippen LogP contribution in [0.1, 0.15) is 24.2 Å². The number of sulfonamides is 1. The van der Waals surface area contributed by atoms with Gasteiger partial charge in [0, 0.05) is 23.2 Å². The van der Waals surface area contributed by atoms with Crippen molar-refractivity contribution in [2.45, 2.75) is 18.7 Å². The fourth-order valence-corrected chi connectivity index (χ4v) is 3.51. The summed E-state index contributed by atoms with van der Waals surface area (Å²) in [5, 5.41) is 0. The second kappa shape index (κ2) is 6.76. The summed E-state index contributed by atoms with van der Waals surface area (Å²) < 4.78 is 38.4. The van der Waals surface area contributed by atoms with E-state index in [-0.39, 0.29) is 16.6 Å². The monoisotopic (exact) mass is 361 g/mol. The highest BCUT2D eigenvalue weighted by atomic mass is 32.2. The predicted molar refractivity (Wildman–Crippen MR) is 93.9 cm³/mol. The molecular weight excluding hydrogens is 342 g/mol. The number of anilines is 1. The minimum atomic E-state index is -3.77. The molecule has 1 heterocycles. The van der Waals surface area contributed by atoms with Gasteiger partial charge in [0.25, 0.3) is 10.0 Å². The maximum atomic E-state index is 12.5. The van der Waals surface area contributed by atoms with Crippen molar-refractivity contribution in [1.29, 1.82) is 0 Å². The van der Waals surface area contributed by atoms with Crippen molar-refractivity contribution < 1.29 is 22.7 Å². The molecule has 1 N–H and O–H groups in total. The Bertz CT molecular complexity index is 888. The summed E-state index contributed by atoms with van der Waals surface area (Å²) in [5.74, 6) is 0.843. The maximum absolute atomic E-state index is 12.5. The lowest BCUT2D eigenvalue weighted by molar-refractivity contribution is 0.0939. The van der Waals surface area contributed by atoms with Gasteiger partial charge in [0.05, 0.1) is 4.90 Å². The summed E-state index contributed by atoms with van der Waals surface area (Å²) in [5.41, 5.74) is 0.937. The molecule has 0 spiro atoms. The van der Waals surface area contributed by atoms with Gasteiger partial charge in [0.15, 0.2) is 17.3 Å².